The fourth-order valence-corrected chi connectivity index (χ4v) is 0.153. The predicted molar refractivity (Wildman–Crippen MR) is 34.9 cm³/mol. The summed E-state index contributed by atoms with van der Waals surface area (Å²) in [6.45, 7) is 2.06. The zero-order valence-electron chi connectivity index (χ0n) is 5.20. The molecule has 0 saturated carbocycles. The molecule has 1 atom stereocenters. The average molecular weight is 110 g/mol. The van der Waals surface area contributed by atoms with Crippen molar-refractivity contribution in [3.8, 4) is 0 Å². The van der Waals surface area contributed by atoms with Crippen LogP contribution < -0.4 is 0 Å². The Labute approximate surface area is 49.5 Å². The summed E-state index contributed by atoms with van der Waals surface area (Å²) in [5.74, 6) is 0. The standard InChI is InChI=1S/2C3H5N/c1-4-2-3-4;1-3-2-4-3/h2*2-3H,1H3. The molecule has 0 saturated heterocycles. The van der Waals surface area contributed by atoms with Crippen molar-refractivity contribution in [2.24, 2.45) is 4.99 Å². The molecule has 0 aromatic heterocycles. The molecule has 44 valence electrons. The van der Waals surface area contributed by atoms with Crippen molar-refractivity contribution in [1.29, 1.82) is 0 Å². The van der Waals surface area contributed by atoms with Crippen LogP contribution in [0.4, 0.5) is 0 Å². The number of nitrogens with zero attached hydrogens (tertiary/aromatic N) is 2. The van der Waals surface area contributed by atoms with Gasteiger partial charge in [0.1, 0.15) is 0 Å². The SMILES string of the molecule is CC1C=N1.CN1C=C1. The van der Waals surface area contributed by atoms with Crippen molar-refractivity contribution < 1.29 is 0 Å². The van der Waals surface area contributed by atoms with Crippen LogP contribution in [-0.2, 0) is 0 Å². The normalized spacial score (nSPS) is 26.8. The van der Waals surface area contributed by atoms with Gasteiger partial charge in [-0.3, -0.25) is 4.99 Å². The fourth-order valence-electron chi connectivity index (χ4n) is 0.153. The first-order valence-corrected chi connectivity index (χ1v) is 2.72. The molecule has 2 heteroatoms. The molecule has 8 heavy (non-hydrogen) atoms. The third-order valence-corrected chi connectivity index (χ3v) is 0.894. The van der Waals surface area contributed by atoms with Gasteiger partial charge in [0.15, 0.2) is 0 Å². The third kappa shape index (κ3) is 3.40. The van der Waals surface area contributed by atoms with Crippen LogP contribution in [0, 0.1) is 0 Å². The van der Waals surface area contributed by atoms with Gasteiger partial charge in [-0.1, -0.05) is 0 Å². The lowest BCUT2D eigenvalue weighted by atomic mass is 10.6. The minimum atomic E-state index is 0.583. The van der Waals surface area contributed by atoms with E-state index in [2.05, 4.69) is 11.9 Å². The zero-order valence-corrected chi connectivity index (χ0v) is 5.20. The van der Waals surface area contributed by atoms with Crippen LogP contribution in [0.5, 0.6) is 0 Å². The molecule has 2 aliphatic heterocycles. The molecule has 0 radical (unpaired) electrons. The van der Waals surface area contributed by atoms with Crippen LogP contribution in [0.15, 0.2) is 17.4 Å². The maximum Gasteiger partial charge on any atom is 0.0815 e. The number of hydrogen-bond donors (Lipinski definition) is 0. The summed E-state index contributed by atoms with van der Waals surface area (Å²) >= 11 is 0. The first-order valence-electron chi connectivity index (χ1n) is 2.72. The molecule has 1 unspecified atom stereocenters. The van der Waals surface area contributed by atoms with E-state index < -0.39 is 0 Å². The van der Waals surface area contributed by atoms with Gasteiger partial charge in [-0.05, 0) is 6.92 Å². The van der Waals surface area contributed by atoms with Gasteiger partial charge in [0, 0.05) is 25.7 Å². The molecular weight excluding hydrogens is 100 g/mol. The van der Waals surface area contributed by atoms with Gasteiger partial charge in [0.25, 0.3) is 0 Å². The van der Waals surface area contributed by atoms with Crippen LogP contribution in [0.25, 0.3) is 0 Å². The van der Waals surface area contributed by atoms with Crippen molar-refractivity contribution >= 4 is 6.21 Å². The molecule has 2 aliphatic rings. The fraction of sp³-hybridized carbons (Fsp3) is 0.500. The van der Waals surface area contributed by atoms with Gasteiger partial charge in [-0.15, -0.1) is 0 Å². The van der Waals surface area contributed by atoms with E-state index in [1.165, 1.54) is 0 Å². The maximum atomic E-state index is 3.78. The van der Waals surface area contributed by atoms with Crippen LogP contribution in [0.3, 0.4) is 0 Å². The minimum Gasteiger partial charge on any atom is -0.354 e. The lowest BCUT2D eigenvalue weighted by molar-refractivity contribution is 0.760. The monoisotopic (exact) mass is 110 g/mol. The van der Waals surface area contributed by atoms with Gasteiger partial charge >= 0.3 is 0 Å². The van der Waals surface area contributed by atoms with Crippen LogP contribution in [0.2, 0.25) is 0 Å². The molecule has 2 heterocycles. The molecule has 0 fully saturated rings. The Kier molecular flexibility index (Phi) is 1.33. The highest BCUT2D eigenvalue weighted by Crippen LogP contribution is 1.96. The Morgan fingerprint density at radius 3 is 1.75 bits per heavy atom. The zero-order chi connectivity index (χ0) is 5.98. The molecule has 0 spiro atoms. The van der Waals surface area contributed by atoms with Crippen molar-refractivity contribution in [2.75, 3.05) is 7.05 Å². The summed E-state index contributed by atoms with van der Waals surface area (Å²) in [4.78, 5) is 5.78. The first-order chi connectivity index (χ1) is 3.79. The largest absolute Gasteiger partial charge is 0.354 e. The molecule has 2 rings (SSSR count). The van der Waals surface area contributed by atoms with Crippen LogP contribution in [-0.4, -0.2) is 24.2 Å². The Morgan fingerprint density at radius 2 is 1.75 bits per heavy atom. The summed E-state index contributed by atoms with van der Waals surface area (Å²) in [7, 11) is 2.00. The quantitative estimate of drug-likeness (QED) is 0.451. The van der Waals surface area contributed by atoms with Crippen molar-refractivity contribution in [2.45, 2.75) is 13.0 Å². The van der Waals surface area contributed by atoms with Crippen molar-refractivity contribution in [1.82, 2.24) is 4.90 Å². The third-order valence-electron chi connectivity index (χ3n) is 0.894. The average Bonchev–Trinajstić information content (AvgIpc) is 2.47. The van der Waals surface area contributed by atoms with Gasteiger partial charge in [0.2, 0.25) is 0 Å². The van der Waals surface area contributed by atoms with Gasteiger partial charge in [0.05, 0.1) is 6.04 Å². The second-order valence-corrected chi connectivity index (χ2v) is 2.00. The number of rotatable bonds is 0. The van der Waals surface area contributed by atoms with E-state index in [0.29, 0.717) is 6.04 Å². The smallest absolute Gasteiger partial charge is 0.0815 e. The molecule has 0 aromatic carbocycles. The summed E-state index contributed by atoms with van der Waals surface area (Å²) in [5.41, 5.74) is 0. The molecule has 0 aliphatic carbocycles. The van der Waals surface area contributed by atoms with E-state index in [4.69, 9.17) is 0 Å². The number of hydrogen-bond acceptors (Lipinski definition) is 2. The molecule has 0 bridgehead atoms. The predicted octanol–water partition coefficient (Wildman–Crippen LogP) is 0.862. The molecule has 2 nitrogen and oxygen atoms in total. The Balaban J connectivity index is 0.0000000800. The summed E-state index contributed by atoms with van der Waals surface area (Å²) in [6.07, 6.45) is 5.92. The van der Waals surface area contributed by atoms with Gasteiger partial charge in [-0.25, -0.2) is 0 Å². The minimum absolute atomic E-state index is 0.583. The number of aliphatic imine (C=N–C) groups is 1. The van der Waals surface area contributed by atoms with Crippen molar-refractivity contribution in [3.05, 3.63) is 12.4 Å². The summed E-state index contributed by atoms with van der Waals surface area (Å²) in [5, 5.41) is 0. The van der Waals surface area contributed by atoms with E-state index in [0.717, 1.165) is 0 Å². The second-order valence-electron chi connectivity index (χ2n) is 2.00. The maximum absolute atomic E-state index is 3.78. The van der Waals surface area contributed by atoms with Gasteiger partial charge < -0.3 is 4.90 Å². The highest BCUT2D eigenvalue weighted by atomic mass is 15.1. The van der Waals surface area contributed by atoms with E-state index in [1.807, 2.05) is 30.6 Å². The molecular formula is C6H10N2. The Hall–Kier alpha value is -0.790. The Morgan fingerprint density at radius 1 is 1.50 bits per heavy atom. The Bertz CT molecular complexity index is 98.5. The lowest BCUT2D eigenvalue weighted by Gasteiger charge is -1.74. The van der Waals surface area contributed by atoms with E-state index in [-0.39, 0.29) is 0 Å². The van der Waals surface area contributed by atoms with Crippen LogP contribution in [0.1, 0.15) is 6.92 Å². The molecule has 0 amide bonds. The van der Waals surface area contributed by atoms with E-state index in [9.17, 15) is 0 Å². The highest BCUT2D eigenvalue weighted by molar-refractivity contribution is 5.76. The van der Waals surface area contributed by atoms with Gasteiger partial charge in [-0.2, -0.15) is 0 Å². The summed E-state index contributed by atoms with van der Waals surface area (Å²) in [6, 6.07) is 0.583. The van der Waals surface area contributed by atoms with Crippen LogP contribution >= 0.6 is 0 Å². The summed E-state index contributed by atoms with van der Waals surface area (Å²) < 4.78 is 0. The molecule has 0 aromatic rings. The van der Waals surface area contributed by atoms with Crippen molar-refractivity contribution in [3.63, 3.8) is 0 Å². The second kappa shape index (κ2) is 1.99. The lowest BCUT2D eigenvalue weighted by Crippen LogP contribution is -1.74. The van der Waals surface area contributed by atoms with E-state index >= 15 is 0 Å². The first kappa shape index (κ1) is 5.35. The van der Waals surface area contributed by atoms with E-state index in [1.54, 1.807) is 0 Å². The topological polar surface area (TPSA) is 15.4 Å². The molecule has 0 N–H and O–H groups in total. The highest BCUT2D eigenvalue weighted by Gasteiger charge is 1.99.